The van der Waals surface area contributed by atoms with Gasteiger partial charge in [0.1, 0.15) is 18.2 Å². The summed E-state index contributed by atoms with van der Waals surface area (Å²) < 4.78 is 5.08. The zero-order chi connectivity index (χ0) is 32.8. The lowest BCUT2D eigenvalue weighted by molar-refractivity contribution is 0.341. The molecule has 0 saturated carbocycles. The fraction of sp³-hybridized carbons (Fsp3) is 0.0444. The van der Waals surface area contributed by atoms with Crippen LogP contribution in [0.5, 0.6) is 0 Å². The van der Waals surface area contributed by atoms with Gasteiger partial charge in [0.25, 0.3) is 0 Å². The van der Waals surface area contributed by atoms with Crippen LogP contribution in [-0.4, -0.2) is 20.4 Å². The van der Waals surface area contributed by atoms with E-state index >= 15 is 0 Å². The molecule has 0 aliphatic carbocycles. The Bertz CT molecular complexity index is 2780. The zero-order valence-corrected chi connectivity index (χ0v) is 27.8. The maximum atomic E-state index is 5.26. The van der Waals surface area contributed by atoms with Gasteiger partial charge in [-0.25, -0.2) is 4.99 Å². The summed E-state index contributed by atoms with van der Waals surface area (Å²) in [6.45, 7) is 0. The van der Waals surface area contributed by atoms with Crippen LogP contribution in [-0.2, 0) is 0 Å². The molecule has 0 N–H and O–H groups in total. The summed E-state index contributed by atoms with van der Waals surface area (Å²) in [6, 6.07) is 61.5. The number of aliphatic imine (C=N–C) groups is 1. The normalized spacial score (nSPS) is 18.3. The maximum Gasteiger partial charge on any atom is 0.150 e. The lowest BCUT2D eigenvalue weighted by Crippen LogP contribution is -2.11. The van der Waals surface area contributed by atoms with E-state index in [2.05, 4.69) is 184 Å². The number of amidine groups is 1. The Hall–Kier alpha value is -6.01. The van der Waals surface area contributed by atoms with E-state index in [1.165, 1.54) is 64.2 Å². The van der Waals surface area contributed by atoms with E-state index in [1.54, 1.807) is 0 Å². The highest BCUT2D eigenvalue weighted by molar-refractivity contribution is 7.26. The van der Waals surface area contributed by atoms with Crippen LogP contribution in [0.3, 0.4) is 0 Å². The van der Waals surface area contributed by atoms with Crippen molar-refractivity contribution >= 4 is 59.2 Å². The molecule has 0 spiro atoms. The van der Waals surface area contributed by atoms with Crippen molar-refractivity contribution in [3.05, 3.63) is 187 Å². The molecule has 0 radical (unpaired) electrons. The van der Waals surface area contributed by atoms with Gasteiger partial charge in [0.2, 0.25) is 0 Å². The Kier molecular flexibility index (Phi) is 5.99. The van der Waals surface area contributed by atoms with Gasteiger partial charge >= 0.3 is 0 Å². The van der Waals surface area contributed by atoms with Crippen molar-refractivity contribution in [2.24, 2.45) is 4.99 Å². The number of rotatable bonds is 5. The van der Waals surface area contributed by atoms with Crippen molar-refractivity contribution in [2.75, 3.05) is 0 Å². The van der Waals surface area contributed by atoms with Crippen molar-refractivity contribution in [2.45, 2.75) is 12.3 Å². The number of benzene rings is 7. The Morgan fingerprint density at radius 3 is 1.98 bits per heavy atom. The van der Waals surface area contributed by atoms with Crippen LogP contribution >= 0.6 is 11.3 Å². The molecule has 2 aliphatic rings. The fourth-order valence-corrected chi connectivity index (χ4v) is 9.26. The molecular formula is C45H30N4S. The number of hydrogen-bond donors (Lipinski definition) is 0. The fourth-order valence-electron chi connectivity index (χ4n) is 8.03. The molecule has 4 nitrogen and oxygen atoms in total. The van der Waals surface area contributed by atoms with Crippen LogP contribution < -0.4 is 0 Å². The minimum atomic E-state index is -0.0407. The molecule has 4 heterocycles. The predicted octanol–water partition coefficient (Wildman–Crippen LogP) is 11.5. The van der Waals surface area contributed by atoms with Crippen LogP contribution in [0, 0.1) is 0 Å². The lowest BCUT2D eigenvalue weighted by Gasteiger charge is -2.12. The number of nitrogens with zero attached hydrogens (tertiary/aromatic N) is 4. The molecular weight excluding hydrogens is 629 g/mol. The van der Waals surface area contributed by atoms with Gasteiger partial charge in [0.15, 0.2) is 0 Å². The molecule has 0 amide bonds. The summed E-state index contributed by atoms with van der Waals surface area (Å²) in [4.78, 5) is 5.26. The highest BCUT2D eigenvalue weighted by Crippen LogP contribution is 2.54. The topological polar surface area (TPSA) is 23.3 Å². The summed E-state index contributed by atoms with van der Waals surface area (Å²) in [5.41, 5.74) is 9.69. The number of aromatic nitrogens is 1. The average Bonchev–Trinajstić information content (AvgIpc) is 3.44. The molecule has 1 fully saturated rings. The van der Waals surface area contributed by atoms with E-state index in [1.807, 2.05) is 11.3 Å². The van der Waals surface area contributed by atoms with Gasteiger partial charge in [0.05, 0.1) is 11.0 Å². The second-order valence-electron chi connectivity index (χ2n) is 13.2. The van der Waals surface area contributed by atoms with Crippen LogP contribution in [0.15, 0.2) is 175 Å². The first-order chi connectivity index (χ1) is 24.8. The number of thiophene rings is 1. The van der Waals surface area contributed by atoms with Crippen molar-refractivity contribution in [1.29, 1.82) is 0 Å². The standard InChI is InChI=1S/C45H30N4S/c1-3-12-29(13-4-1)43-46-44(49-45(48(43)49)31-14-5-2-6-15-31)30-22-25-33(26-23-30)47-39-20-9-7-16-35(39)38-28-32(24-27-40(38)47)34-18-11-19-37-36-17-8-10-21-41(36)50-42(34)37/h1-28,43,45H. The first kappa shape index (κ1) is 27.9. The second-order valence-corrected chi connectivity index (χ2v) is 14.2. The molecule has 2 aliphatic heterocycles. The van der Waals surface area contributed by atoms with Gasteiger partial charge in [-0.2, -0.15) is 5.01 Å². The third-order valence-corrected chi connectivity index (χ3v) is 11.6. The largest absolute Gasteiger partial charge is 0.309 e. The van der Waals surface area contributed by atoms with Gasteiger partial charge in [-0.15, -0.1) is 11.3 Å². The first-order valence-electron chi connectivity index (χ1n) is 17.1. The van der Waals surface area contributed by atoms with E-state index in [0.29, 0.717) is 0 Å². The van der Waals surface area contributed by atoms with Gasteiger partial charge < -0.3 is 4.57 Å². The van der Waals surface area contributed by atoms with E-state index < -0.39 is 0 Å². The van der Waals surface area contributed by atoms with Crippen molar-refractivity contribution < 1.29 is 0 Å². The Morgan fingerprint density at radius 2 is 1.16 bits per heavy atom. The minimum absolute atomic E-state index is 0.0407. The number of hydrazine groups is 1. The molecule has 11 rings (SSSR count). The number of para-hydroxylation sites is 1. The SMILES string of the molecule is c1ccc(C2N=C(c3ccc(-n4c5ccccc5c5cc(-c6cccc7c6sc6ccccc67)ccc54)cc3)N3C(c4ccccc4)N23)cc1. The second kappa shape index (κ2) is 10.7. The summed E-state index contributed by atoms with van der Waals surface area (Å²) >= 11 is 1.89. The van der Waals surface area contributed by atoms with Crippen molar-refractivity contribution in [3.63, 3.8) is 0 Å². The molecule has 1 saturated heterocycles. The van der Waals surface area contributed by atoms with Crippen LogP contribution in [0.25, 0.3) is 58.8 Å². The molecule has 236 valence electrons. The minimum Gasteiger partial charge on any atom is -0.309 e. The van der Waals surface area contributed by atoms with Crippen LogP contribution in [0.4, 0.5) is 0 Å². The summed E-state index contributed by atoms with van der Waals surface area (Å²) in [5.74, 6) is 1.02. The van der Waals surface area contributed by atoms with Crippen molar-refractivity contribution in [1.82, 2.24) is 14.6 Å². The third kappa shape index (κ3) is 4.11. The zero-order valence-electron chi connectivity index (χ0n) is 27.0. The molecule has 5 heteroatoms. The molecule has 3 atom stereocenters. The third-order valence-electron chi connectivity index (χ3n) is 10.4. The van der Waals surface area contributed by atoms with Gasteiger partial charge in [0, 0.05) is 42.2 Å². The predicted molar refractivity (Wildman–Crippen MR) is 208 cm³/mol. The molecule has 50 heavy (non-hydrogen) atoms. The molecule has 2 aromatic heterocycles. The highest BCUT2D eigenvalue weighted by atomic mass is 32.1. The van der Waals surface area contributed by atoms with Crippen LogP contribution in [0.1, 0.15) is 29.0 Å². The summed E-state index contributed by atoms with van der Waals surface area (Å²) in [5, 5.41) is 9.91. The monoisotopic (exact) mass is 658 g/mol. The Morgan fingerprint density at radius 1 is 0.500 bits per heavy atom. The number of hydrogen-bond acceptors (Lipinski definition) is 4. The van der Waals surface area contributed by atoms with E-state index in [9.17, 15) is 0 Å². The van der Waals surface area contributed by atoms with Gasteiger partial charge in [-0.3, -0.25) is 5.01 Å². The quantitative estimate of drug-likeness (QED) is 0.172. The highest BCUT2D eigenvalue weighted by Gasteiger charge is 2.57. The smallest absolute Gasteiger partial charge is 0.150 e. The molecule has 3 unspecified atom stereocenters. The van der Waals surface area contributed by atoms with Crippen molar-refractivity contribution in [3.8, 4) is 16.8 Å². The maximum absolute atomic E-state index is 5.26. The van der Waals surface area contributed by atoms with Crippen LogP contribution in [0.2, 0.25) is 0 Å². The number of fused-ring (bicyclic) bond motifs is 7. The Balaban J connectivity index is 1.00. The van der Waals surface area contributed by atoms with Gasteiger partial charge in [-0.05, 0) is 70.8 Å². The molecule has 9 aromatic rings. The van der Waals surface area contributed by atoms with E-state index in [4.69, 9.17) is 4.99 Å². The molecule has 0 bridgehead atoms. The average molecular weight is 659 g/mol. The molecule has 7 aromatic carbocycles. The summed E-state index contributed by atoms with van der Waals surface area (Å²) in [7, 11) is 0. The van der Waals surface area contributed by atoms with E-state index in [0.717, 1.165) is 17.1 Å². The Labute approximate surface area is 293 Å². The van der Waals surface area contributed by atoms with Gasteiger partial charge in [-0.1, -0.05) is 121 Å². The summed E-state index contributed by atoms with van der Waals surface area (Å²) in [6.07, 6.45) is 0.138. The lowest BCUT2D eigenvalue weighted by atomic mass is 10.0. The van der Waals surface area contributed by atoms with E-state index in [-0.39, 0.29) is 12.3 Å². The first-order valence-corrected chi connectivity index (χ1v) is 17.9.